The third-order valence-corrected chi connectivity index (χ3v) is 7.38. The van der Waals surface area contributed by atoms with Crippen LogP contribution in [0.2, 0.25) is 0 Å². The van der Waals surface area contributed by atoms with E-state index in [0.717, 1.165) is 16.5 Å². The molecule has 0 atom stereocenters. The van der Waals surface area contributed by atoms with Crippen LogP contribution in [0, 0.1) is 6.92 Å². The first kappa shape index (κ1) is 23.7. The minimum atomic E-state index is -4.46. The highest BCUT2D eigenvalue weighted by Gasteiger charge is 2.29. The predicted molar refractivity (Wildman–Crippen MR) is 138 cm³/mol. The smallest absolute Gasteiger partial charge is 0.390 e. The zero-order chi connectivity index (χ0) is 25.1. The van der Waals surface area contributed by atoms with Gasteiger partial charge in [-0.25, -0.2) is 4.79 Å². The van der Waals surface area contributed by atoms with Crippen LogP contribution in [0.15, 0.2) is 95.5 Å². The summed E-state index contributed by atoms with van der Waals surface area (Å²) < 4.78 is 38.5. The molecule has 0 N–H and O–H groups in total. The number of aryl methyl sites for hydroxylation is 1. The number of nitrogens with zero attached hydrogens (tertiary/aromatic N) is 2. The Bertz CT molecular complexity index is 1620. The van der Waals surface area contributed by atoms with E-state index in [0.29, 0.717) is 28.5 Å². The molecule has 5 aromatic rings. The van der Waals surface area contributed by atoms with Gasteiger partial charge in [-0.05, 0) is 48.2 Å². The van der Waals surface area contributed by atoms with Crippen molar-refractivity contribution in [3.8, 4) is 0 Å². The van der Waals surface area contributed by atoms with E-state index in [1.165, 1.54) is 10.4 Å². The van der Waals surface area contributed by atoms with Gasteiger partial charge in [-0.2, -0.15) is 12.7 Å². The zero-order valence-corrected chi connectivity index (χ0v) is 20.4. The minimum absolute atomic E-state index is 0.00399. The molecule has 0 amide bonds. The van der Waals surface area contributed by atoms with Crippen molar-refractivity contribution in [2.45, 2.75) is 19.9 Å². The van der Waals surface area contributed by atoms with Gasteiger partial charge >= 0.3 is 16.3 Å². The SMILES string of the molecule is Cc1ccccc1CCN(Cc1cccc2cccnc12)S(=O)(=O)OC(=O)c1cc2ccccc2o1. The first-order chi connectivity index (χ1) is 17.4. The van der Waals surface area contributed by atoms with E-state index in [4.69, 9.17) is 8.60 Å². The van der Waals surface area contributed by atoms with Gasteiger partial charge in [0.05, 0.1) is 5.52 Å². The van der Waals surface area contributed by atoms with Crippen molar-refractivity contribution < 1.29 is 21.8 Å². The van der Waals surface area contributed by atoms with Gasteiger partial charge < -0.3 is 8.60 Å². The lowest BCUT2D eigenvalue weighted by Gasteiger charge is -2.22. The van der Waals surface area contributed by atoms with E-state index < -0.39 is 16.3 Å². The molecule has 36 heavy (non-hydrogen) atoms. The molecule has 0 saturated heterocycles. The number of fused-ring (bicyclic) bond motifs is 2. The Morgan fingerprint density at radius 3 is 2.47 bits per heavy atom. The summed E-state index contributed by atoms with van der Waals surface area (Å²) in [6, 6.07) is 25.6. The Morgan fingerprint density at radius 2 is 1.64 bits per heavy atom. The number of carbonyl (C=O) groups excluding carboxylic acids is 1. The summed E-state index contributed by atoms with van der Waals surface area (Å²) in [4.78, 5) is 17.2. The quantitative estimate of drug-likeness (QED) is 0.282. The van der Waals surface area contributed by atoms with Crippen LogP contribution in [0.5, 0.6) is 0 Å². The molecule has 0 saturated carbocycles. The normalized spacial score (nSPS) is 11.8. The highest BCUT2D eigenvalue weighted by atomic mass is 32.2. The van der Waals surface area contributed by atoms with Crippen molar-refractivity contribution in [2.75, 3.05) is 6.54 Å². The molecule has 182 valence electrons. The summed E-state index contributed by atoms with van der Waals surface area (Å²) in [5.41, 5.74) is 3.94. The number of furan rings is 1. The summed E-state index contributed by atoms with van der Waals surface area (Å²) in [6.45, 7) is 2.09. The second-order valence-corrected chi connectivity index (χ2v) is 10.0. The summed E-state index contributed by atoms with van der Waals surface area (Å²) >= 11 is 0. The molecule has 7 nitrogen and oxygen atoms in total. The molecule has 2 heterocycles. The van der Waals surface area contributed by atoms with E-state index in [-0.39, 0.29) is 18.8 Å². The van der Waals surface area contributed by atoms with Gasteiger partial charge in [0.15, 0.2) is 0 Å². The summed E-state index contributed by atoms with van der Waals surface area (Å²) in [7, 11) is -4.46. The number of benzene rings is 3. The Hall–Kier alpha value is -4.01. The van der Waals surface area contributed by atoms with Gasteiger partial charge in [0.2, 0.25) is 5.76 Å². The van der Waals surface area contributed by atoms with Crippen LogP contribution in [0.1, 0.15) is 27.2 Å². The molecular weight excluding hydrogens is 476 g/mol. The topological polar surface area (TPSA) is 89.7 Å². The third-order valence-electron chi connectivity index (χ3n) is 6.08. The summed E-state index contributed by atoms with van der Waals surface area (Å²) in [6.07, 6.45) is 2.12. The van der Waals surface area contributed by atoms with Gasteiger partial charge in [0, 0.05) is 30.1 Å². The monoisotopic (exact) mass is 500 g/mol. The first-order valence-electron chi connectivity index (χ1n) is 11.5. The molecule has 0 aliphatic carbocycles. The third kappa shape index (κ3) is 5.00. The fourth-order valence-corrected chi connectivity index (χ4v) is 5.15. The lowest BCUT2D eigenvalue weighted by molar-refractivity contribution is 0.0699. The second-order valence-electron chi connectivity index (χ2n) is 8.48. The van der Waals surface area contributed by atoms with E-state index >= 15 is 0 Å². The fraction of sp³-hybridized carbons (Fsp3) is 0.143. The van der Waals surface area contributed by atoms with Gasteiger partial charge in [0.1, 0.15) is 5.58 Å². The van der Waals surface area contributed by atoms with Crippen molar-refractivity contribution in [3.63, 3.8) is 0 Å². The van der Waals surface area contributed by atoms with Crippen molar-refractivity contribution in [2.24, 2.45) is 0 Å². The molecule has 5 rings (SSSR count). The molecule has 0 spiro atoms. The zero-order valence-electron chi connectivity index (χ0n) is 19.6. The van der Waals surface area contributed by atoms with Crippen LogP contribution in [-0.4, -0.2) is 30.2 Å². The van der Waals surface area contributed by atoms with Crippen LogP contribution >= 0.6 is 0 Å². The molecule has 2 aromatic heterocycles. The predicted octanol–water partition coefficient (Wildman–Crippen LogP) is 5.44. The number of rotatable bonds is 8. The van der Waals surface area contributed by atoms with Gasteiger partial charge in [-0.1, -0.05) is 66.7 Å². The van der Waals surface area contributed by atoms with Gasteiger partial charge in [-0.15, -0.1) is 0 Å². The van der Waals surface area contributed by atoms with E-state index in [2.05, 4.69) is 4.98 Å². The first-order valence-corrected chi connectivity index (χ1v) is 12.9. The van der Waals surface area contributed by atoms with E-state index in [9.17, 15) is 13.2 Å². The lowest BCUT2D eigenvalue weighted by atomic mass is 10.1. The van der Waals surface area contributed by atoms with Crippen LogP contribution in [-0.2, 0) is 27.5 Å². The molecule has 0 radical (unpaired) electrons. The van der Waals surface area contributed by atoms with E-state index in [1.54, 1.807) is 30.5 Å². The standard InChI is InChI=1S/C28H24N2O5S/c1-20-8-2-3-9-21(20)15-17-30(19-24-12-6-11-22-13-7-16-29-27(22)24)36(32,33)35-28(31)26-18-23-10-4-5-14-25(23)34-26/h2-14,16,18H,15,17,19H2,1H3. The van der Waals surface area contributed by atoms with Crippen LogP contribution < -0.4 is 0 Å². The van der Waals surface area contributed by atoms with Crippen LogP contribution in [0.25, 0.3) is 21.9 Å². The number of hydrogen-bond donors (Lipinski definition) is 0. The average Bonchev–Trinajstić information content (AvgIpc) is 3.32. The minimum Gasteiger partial charge on any atom is -0.449 e. The Labute approximate surface area is 209 Å². The highest BCUT2D eigenvalue weighted by molar-refractivity contribution is 7.84. The molecule has 3 aromatic carbocycles. The summed E-state index contributed by atoms with van der Waals surface area (Å²) in [5, 5.41) is 1.57. The van der Waals surface area contributed by atoms with Crippen LogP contribution in [0.3, 0.4) is 0 Å². The Morgan fingerprint density at radius 1 is 0.917 bits per heavy atom. The maximum atomic E-state index is 13.4. The fourth-order valence-electron chi connectivity index (χ4n) is 4.16. The second kappa shape index (κ2) is 9.93. The molecule has 0 fully saturated rings. The maximum absolute atomic E-state index is 13.4. The van der Waals surface area contributed by atoms with Crippen molar-refractivity contribution in [1.82, 2.24) is 9.29 Å². The number of pyridine rings is 1. The van der Waals surface area contributed by atoms with E-state index in [1.807, 2.05) is 61.5 Å². The van der Waals surface area contributed by atoms with Crippen molar-refractivity contribution in [1.29, 1.82) is 0 Å². The number of para-hydroxylation sites is 2. The van der Waals surface area contributed by atoms with Gasteiger partial charge in [0.25, 0.3) is 0 Å². The molecule has 0 unspecified atom stereocenters. The number of aromatic nitrogens is 1. The average molecular weight is 501 g/mol. The number of hydrogen-bond acceptors (Lipinski definition) is 6. The highest BCUT2D eigenvalue weighted by Crippen LogP contribution is 2.23. The van der Waals surface area contributed by atoms with Crippen molar-refractivity contribution >= 4 is 38.1 Å². The Balaban J connectivity index is 1.44. The Kier molecular flexibility index (Phi) is 6.54. The molecule has 0 aliphatic rings. The van der Waals surface area contributed by atoms with Crippen molar-refractivity contribution in [3.05, 3.63) is 114 Å². The molecule has 8 heteroatoms. The molecule has 0 aliphatic heterocycles. The lowest BCUT2D eigenvalue weighted by Crippen LogP contribution is -2.35. The largest absolute Gasteiger partial charge is 0.449 e. The van der Waals surface area contributed by atoms with Crippen LogP contribution in [0.4, 0.5) is 0 Å². The molecule has 0 bridgehead atoms. The number of carbonyl (C=O) groups is 1. The maximum Gasteiger partial charge on any atom is 0.390 e. The summed E-state index contributed by atoms with van der Waals surface area (Å²) in [5.74, 6) is -1.24. The molecular formula is C28H24N2O5S. The van der Waals surface area contributed by atoms with Gasteiger partial charge in [-0.3, -0.25) is 4.98 Å².